The van der Waals surface area contributed by atoms with Gasteiger partial charge in [0.2, 0.25) is 0 Å². The summed E-state index contributed by atoms with van der Waals surface area (Å²) in [5.74, 6) is -0.905. The third kappa shape index (κ3) is 6.71. The number of para-hydroxylation sites is 1. The van der Waals surface area contributed by atoms with E-state index in [9.17, 15) is 9.59 Å². The maximum atomic E-state index is 15.3. The second-order valence-electron chi connectivity index (χ2n) is 10.4. The zero-order valence-corrected chi connectivity index (χ0v) is 25.9. The quantitative estimate of drug-likeness (QED) is 0.152. The van der Waals surface area contributed by atoms with Crippen LogP contribution in [-0.2, 0) is 11.3 Å². The maximum absolute atomic E-state index is 15.3. The summed E-state index contributed by atoms with van der Waals surface area (Å²) in [4.78, 5) is 36.3. The van der Waals surface area contributed by atoms with E-state index in [1.165, 1.54) is 34.1 Å². The van der Waals surface area contributed by atoms with E-state index in [4.69, 9.17) is 9.47 Å². The largest absolute Gasteiger partial charge is 0.453 e. The van der Waals surface area contributed by atoms with E-state index in [0.717, 1.165) is 33.4 Å². The van der Waals surface area contributed by atoms with Gasteiger partial charge >= 0.3 is 0 Å². The van der Waals surface area contributed by atoms with Crippen molar-refractivity contribution in [2.24, 2.45) is 0 Å². The summed E-state index contributed by atoms with van der Waals surface area (Å²) in [6.45, 7) is 3.88. The molecule has 0 aliphatic heterocycles. The molecule has 0 saturated carbocycles. The topological polar surface area (TPSA) is 107 Å². The Hall–Kier alpha value is -5.23. The summed E-state index contributed by atoms with van der Waals surface area (Å²) in [6.07, 6.45) is 3.44. The van der Waals surface area contributed by atoms with Crippen molar-refractivity contribution in [1.29, 1.82) is 0 Å². The minimum atomic E-state index is -0.679. The van der Waals surface area contributed by atoms with E-state index in [0.29, 0.717) is 35.8 Å². The number of rotatable bonds is 11. The number of aromatic nitrogens is 3. The number of methoxy groups -OCH3 is 1. The minimum Gasteiger partial charge on any atom is -0.453 e. The molecule has 11 heteroatoms. The molecule has 0 unspecified atom stereocenters. The molecular formula is C35H30FN5O4S. The van der Waals surface area contributed by atoms with Crippen LogP contribution in [0.25, 0.3) is 26.5 Å². The Morgan fingerprint density at radius 1 is 0.978 bits per heavy atom. The lowest BCUT2D eigenvalue weighted by molar-refractivity contribution is 0.102. The number of carbonyl (C=O) groups excluding carboxylic acids is 1. The van der Waals surface area contributed by atoms with Crippen LogP contribution in [0.5, 0.6) is 11.5 Å². The molecule has 0 spiro atoms. The highest BCUT2D eigenvalue weighted by atomic mass is 32.1. The fourth-order valence-corrected chi connectivity index (χ4v) is 5.92. The third-order valence-electron chi connectivity index (χ3n) is 7.21. The number of hydrogen-bond donors (Lipinski definition) is 2. The first kappa shape index (κ1) is 30.8. The first-order chi connectivity index (χ1) is 22.4. The van der Waals surface area contributed by atoms with Gasteiger partial charge in [0.05, 0.1) is 27.4 Å². The Bertz CT molecular complexity index is 2060. The molecule has 6 rings (SSSR count). The van der Waals surface area contributed by atoms with Crippen molar-refractivity contribution in [3.05, 3.63) is 130 Å². The molecule has 0 atom stereocenters. The summed E-state index contributed by atoms with van der Waals surface area (Å²) >= 11 is 1.45. The van der Waals surface area contributed by atoms with Gasteiger partial charge in [-0.2, -0.15) is 0 Å². The van der Waals surface area contributed by atoms with Gasteiger partial charge in [0.15, 0.2) is 11.6 Å². The van der Waals surface area contributed by atoms with E-state index < -0.39 is 17.3 Å². The van der Waals surface area contributed by atoms with Gasteiger partial charge in [-0.25, -0.2) is 4.39 Å². The molecule has 0 aliphatic rings. The van der Waals surface area contributed by atoms with Crippen molar-refractivity contribution in [2.45, 2.75) is 13.5 Å². The second-order valence-corrected chi connectivity index (χ2v) is 11.5. The number of aryl methyl sites for hydroxylation is 1. The number of carbonyl (C=O) groups is 1. The molecule has 2 N–H and O–H groups in total. The molecule has 46 heavy (non-hydrogen) atoms. The minimum absolute atomic E-state index is 0.0225. The summed E-state index contributed by atoms with van der Waals surface area (Å²) in [5.41, 5.74) is 3.53. The van der Waals surface area contributed by atoms with Gasteiger partial charge in [-0.3, -0.25) is 24.1 Å². The highest BCUT2D eigenvalue weighted by Gasteiger charge is 2.17. The number of nitrogens with one attached hydrogen (secondary N) is 2. The lowest BCUT2D eigenvalue weighted by Crippen LogP contribution is -2.29. The molecule has 2 aromatic carbocycles. The average molecular weight is 636 g/mol. The van der Waals surface area contributed by atoms with Gasteiger partial charge in [-0.05, 0) is 61.0 Å². The predicted octanol–water partition coefficient (Wildman–Crippen LogP) is 6.74. The van der Waals surface area contributed by atoms with Crippen LogP contribution in [0.3, 0.4) is 0 Å². The van der Waals surface area contributed by atoms with Crippen LogP contribution < -0.4 is 20.9 Å². The number of ether oxygens (including phenoxy) is 2. The molecular weight excluding hydrogens is 605 g/mol. The maximum Gasteiger partial charge on any atom is 0.268 e. The van der Waals surface area contributed by atoms with Gasteiger partial charge in [0.1, 0.15) is 11.3 Å². The van der Waals surface area contributed by atoms with Crippen LogP contribution in [-0.4, -0.2) is 40.7 Å². The second kappa shape index (κ2) is 13.8. The Morgan fingerprint density at radius 2 is 1.83 bits per heavy atom. The zero-order valence-electron chi connectivity index (χ0n) is 25.1. The smallest absolute Gasteiger partial charge is 0.268 e. The highest BCUT2D eigenvalue weighted by molar-refractivity contribution is 7.22. The van der Waals surface area contributed by atoms with Gasteiger partial charge < -0.3 is 20.1 Å². The van der Waals surface area contributed by atoms with E-state index in [1.54, 1.807) is 44.5 Å². The van der Waals surface area contributed by atoms with Crippen molar-refractivity contribution in [1.82, 2.24) is 19.9 Å². The Labute approximate surface area is 268 Å². The Balaban J connectivity index is 1.17. The number of anilines is 1. The summed E-state index contributed by atoms with van der Waals surface area (Å²) in [6, 6.07) is 23.9. The van der Waals surface area contributed by atoms with Crippen molar-refractivity contribution >= 4 is 33.1 Å². The van der Waals surface area contributed by atoms with Crippen LogP contribution in [0.1, 0.15) is 21.6 Å². The van der Waals surface area contributed by atoms with Crippen LogP contribution in [0.2, 0.25) is 0 Å². The molecule has 1 amide bonds. The summed E-state index contributed by atoms with van der Waals surface area (Å²) < 4.78 is 28.5. The first-order valence-corrected chi connectivity index (χ1v) is 15.3. The number of amides is 1. The molecule has 4 heterocycles. The Morgan fingerprint density at radius 3 is 2.59 bits per heavy atom. The number of pyridine rings is 3. The number of benzene rings is 2. The first-order valence-electron chi connectivity index (χ1n) is 14.5. The summed E-state index contributed by atoms with van der Waals surface area (Å²) in [5, 5.41) is 5.93. The number of hydrogen-bond acceptors (Lipinski definition) is 8. The predicted molar refractivity (Wildman–Crippen MR) is 178 cm³/mol. The lowest BCUT2D eigenvalue weighted by atomic mass is 10.2. The number of thiophene rings is 1. The van der Waals surface area contributed by atoms with Crippen molar-refractivity contribution in [3.63, 3.8) is 0 Å². The van der Waals surface area contributed by atoms with Crippen LogP contribution in [0, 0.1) is 12.7 Å². The molecule has 0 saturated heterocycles. The number of fused-ring (bicyclic) bond motifs is 1. The highest BCUT2D eigenvalue weighted by Crippen LogP contribution is 2.39. The van der Waals surface area contributed by atoms with E-state index in [1.807, 2.05) is 42.6 Å². The third-order valence-corrected chi connectivity index (χ3v) is 8.37. The summed E-state index contributed by atoms with van der Waals surface area (Å²) in [7, 11) is 1.67. The van der Waals surface area contributed by atoms with Crippen LogP contribution in [0.15, 0.2) is 102 Å². The molecule has 0 aliphatic carbocycles. The monoisotopic (exact) mass is 635 g/mol. The van der Waals surface area contributed by atoms with Gasteiger partial charge in [-0.15, -0.1) is 11.3 Å². The normalized spacial score (nSPS) is 11.1. The molecule has 9 nitrogen and oxygen atoms in total. The van der Waals surface area contributed by atoms with E-state index >= 15 is 4.39 Å². The molecule has 6 aromatic rings. The van der Waals surface area contributed by atoms with Crippen molar-refractivity contribution in [2.75, 3.05) is 25.6 Å². The molecule has 0 radical (unpaired) electrons. The van der Waals surface area contributed by atoms with Crippen molar-refractivity contribution in [3.8, 4) is 27.8 Å². The van der Waals surface area contributed by atoms with E-state index in [2.05, 4.69) is 20.6 Å². The van der Waals surface area contributed by atoms with Crippen LogP contribution >= 0.6 is 11.3 Å². The molecule has 0 bridgehead atoms. The Kier molecular flexibility index (Phi) is 9.25. The standard InChI is InChI=1S/C35H30FN5O4S/c1-22-8-11-26(35(43)41(22)25-6-4-3-5-7-25)34(42)40-24-10-13-30(27(36)18-24)45-31-14-15-38-29-19-32(46-33(29)31)28-12-9-23(21-39-28)20-37-16-17-44-2/h3-15,18-19,21,37H,16-17,20H2,1-2H3,(H,40,42). The average Bonchev–Trinajstić information content (AvgIpc) is 3.51. The van der Waals surface area contributed by atoms with E-state index in [-0.39, 0.29) is 17.0 Å². The fourth-order valence-electron chi connectivity index (χ4n) is 4.88. The SMILES string of the molecule is COCCNCc1ccc(-c2cc3nccc(Oc4ccc(NC(=O)c5ccc(C)n(-c6ccccc6)c5=O)cc4F)c3s2)nc1. The number of halogens is 1. The van der Waals surface area contributed by atoms with Gasteiger partial charge in [0.25, 0.3) is 11.5 Å². The molecule has 232 valence electrons. The number of nitrogens with zero attached hydrogens (tertiary/aromatic N) is 3. The van der Waals surface area contributed by atoms with Crippen molar-refractivity contribution < 1.29 is 18.7 Å². The molecule has 0 fully saturated rings. The molecule has 4 aromatic heterocycles. The van der Waals surface area contributed by atoms with Crippen LogP contribution in [0.4, 0.5) is 10.1 Å². The lowest BCUT2D eigenvalue weighted by Gasteiger charge is -2.13. The zero-order chi connectivity index (χ0) is 32.0. The van der Waals surface area contributed by atoms with Gasteiger partial charge in [-0.1, -0.05) is 24.3 Å². The fraction of sp³-hybridized carbons (Fsp3) is 0.143. The van der Waals surface area contributed by atoms with Gasteiger partial charge in [0, 0.05) is 61.8 Å².